The van der Waals surface area contributed by atoms with Crippen LogP contribution in [0.3, 0.4) is 0 Å². The fourth-order valence-corrected chi connectivity index (χ4v) is 10.6. The summed E-state index contributed by atoms with van der Waals surface area (Å²) in [7, 11) is 0. The lowest BCUT2D eigenvalue weighted by Gasteiger charge is -2.41. The molecule has 0 radical (unpaired) electrons. The van der Waals surface area contributed by atoms with Crippen LogP contribution in [0.5, 0.6) is 11.5 Å². The van der Waals surface area contributed by atoms with Crippen LogP contribution in [-0.4, -0.2) is 0 Å². The Morgan fingerprint density at radius 2 is 0.836 bits per heavy atom. The Bertz CT molecular complexity index is 2970. The maximum absolute atomic E-state index is 6.95. The summed E-state index contributed by atoms with van der Waals surface area (Å²) in [6, 6.07) is 76.0. The lowest BCUT2D eigenvalue weighted by Crippen LogP contribution is -2.34. The van der Waals surface area contributed by atoms with E-state index in [4.69, 9.17) is 4.74 Å². The van der Waals surface area contributed by atoms with Crippen LogP contribution in [0.15, 0.2) is 206 Å². The predicted molar refractivity (Wildman–Crippen MR) is 224 cm³/mol. The van der Waals surface area contributed by atoms with Crippen molar-refractivity contribution in [1.29, 1.82) is 0 Å². The van der Waals surface area contributed by atoms with Gasteiger partial charge in [-0.2, -0.15) is 0 Å². The first-order valence-corrected chi connectivity index (χ1v) is 19.2. The number of hydrogen-bond donors (Lipinski definition) is 0. The summed E-state index contributed by atoms with van der Waals surface area (Å²) in [6.45, 7) is 0. The molecule has 0 saturated heterocycles. The van der Waals surface area contributed by atoms with Crippen molar-refractivity contribution in [2.24, 2.45) is 0 Å². The highest BCUT2D eigenvalue weighted by molar-refractivity contribution is 6.07. The van der Waals surface area contributed by atoms with Gasteiger partial charge in [-0.25, -0.2) is 0 Å². The second-order valence-corrected chi connectivity index (χ2v) is 15.1. The number of rotatable bonds is 3. The van der Waals surface area contributed by atoms with Crippen molar-refractivity contribution in [2.75, 3.05) is 0 Å². The second kappa shape index (κ2) is 11.3. The summed E-state index contributed by atoms with van der Waals surface area (Å²) in [5, 5.41) is 2.57. The smallest absolute Gasteiger partial charge is 0.132 e. The number of hydrogen-bond acceptors (Lipinski definition) is 1. The van der Waals surface area contributed by atoms with Gasteiger partial charge in [-0.15, -0.1) is 0 Å². The molecule has 9 aromatic rings. The molecule has 1 nitrogen and oxygen atoms in total. The molecule has 1 spiro atoms. The third-order valence-corrected chi connectivity index (χ3v) is 12.6. The highest BCUT2D eigenvalue weighted by atomic mass is 16.5. The predicted octanol–water partition coefficient (Wildman–Crippen LogP) is 13.3. The Kier molecular flexibility index (Phi) is 6.25. The Hall–Kier alpha value is -6.96. The summed E-state index contributed by atoms with van der Waals surface area (Å²) >= 11 is 0. The Morgan fingerprint density at radius 1 is 0.309 bits per heavy atom. The molecule has 0 bridgehead atoms. The molecule has 1 unspecified atom stereocenters. The number of para-hydroxylation sites is 1. The summed E-state index contributed by atoms with van der Waals surface area (Å²) < 4.78 is 6.95. The van der Waals surface area contributed by atoms with Crippen molar-refractivity contribution in [3.05, 3.63) is 251 Å². The maximum atomic E-state index is 6.95. The first-order chi connectivity index (χ1) is 27.3. The molecule has 1 aliphatic heterocycles. The Labute approximate surface area is 320 Å². The SMILES string of the molecule is c1ccc(C2(c3ccccc3)c3ccccc3Oc3cc(-c4cccc5c4-c4ccccc4C54c5ccccc5-c5c4ccc4ccccc54)ccc32)cc1. The highest BCUT2D eigenvalue weighted by Crippen LogP contribution is 2.65. The highest BCUT2D eigenvalue weighted by Gasteiger charge is 2.52. The van der Waals surface area contributed by atoms with Crippen molar-refractivity contribution < 1.29 is 4.74 Å². The van der Waals surface area contributed by atoms with Gasteiger partial charge in [0.05, 0.1) is 10.8 Å². The largest absolute Gasteiger partial charge is 0.457 e. The van der Waals surface area contributed by atoms with E-state index in [-0.39, 0.29) is 0 Å². The number of benzene rings is 9. The van der Waals surface area contributed by atoms with Crippen LogP contribution in [0, 0.1) is 0 Å². The van der Waals surface area contributed by atoms with Crippen molar-refractivity contribution >= 4 is 10.8 Å². The molecular weight excluding hydrogens is 665 g/mol. The first-order valence-electron chi connectivity index (χ1n) is 19.2. The summed E-state index contributed by atoms with van der Waals surface area (Å²) in [6.07, 6.45) is 0. The van der Waals surface area contributed by atoms with Crippen molar-refractivity contribution in [3.63, 3.8) is 0 Å². The van der Waals surface area contributed by atoms with E-state index in [1.165, 1.54) is 72.0 Å². The molecule has 2 aliphatic carbocycles. The standard InChI is InChI=1S/C54H34O/c1-3-17-37(18-4-1)53(38-19-5-2-6-20-38)45-27-13-14-29-49(45)55-50-34-36(31-32-46(50)53)40-24-15-28-47-52(40)42-23-10-12-26-44(42)54(47)43-25-11-9-22-41(43)51-39-21-8-7-16-35(39)30-33-48(51)54/h1-34H. The first kappa shape index (κ1) is 30.5. The van der Waals surface area contributed by atoms with E-state index in [1.54, 1.807) is 0 Å². The minimum Gasteiger partial charge on any atom is -0.457 e. The van der Waals surface area contributed by atoms with Crippen LogP contribution < -0.4 is 4.74 Å². The molecule has 0 fully saturated rings. The third kappa shape index (κ3) is 3.87. The normalized spacial score (nSPS) is 16.4. The van der Waals surface area contributed by atoms with E-state index in [9.17, 15) is 0 Å². The molecule has 1 atom stereocenters. The van der Waals surface area contributed by atoms with E-state index < -0.39 is 10.8 Å². The quantitative estimate of drug-likeness (QED) is 0.178. The van der Waals surface area contributed by atoms with Gasteiger partial charge in [0.1, 0.15) is 11.5 Å². The van der Waals surface area contributed by atoms with Crippen LogP contribution >= 0.6 is 0 Å². The lowest BCUT2D eigenvalue weighted by atomic mass is 9.63. The van der Waals surface area contributed by atoms with Gasteiger partial charge in [-0.3, -0.25) is 0 Å². The van der Waals surface area contributed by atoms with Crippen LogP contribution in [0.25, 0.3) is 44.2 Å². The zero-order chi connectivity index (χ0) is 36.1. The second-order valence-electron chi connectivity index (χ2n) is 15.1. The molecule has 0 saturated carbocycles. The Balaban J connectivity index is 1.13. The van der Waals surface area contributed by atoms with Gasteiger partial charge >= 0.3 is 0 Å². The Morgan fingerprint density at radius 3 is 1.58 bits per heavy atom. The van der Waals surface area contributed by atoms with Gasteiger partial charge in [-0.05, 0) is 89.7 Å². The van der Waals surface area contributed by atoms with Crippen LogP contribution in [0.2, 0.25) is 0 Å². The molecule has 3 aliphatic rings. The van der Waals surface area contributed by atoms with Crippen LogP contribution in [0.1, 0.15) is 44.5 Å². The minimum absolute atomic E-state index is 0.433. The zero-order valence-electron chi connectivity index (χ0n) is 30.0. The summed E-state index contributed by atoms with van der Waals surface area (Å²) in [5.41, 5.74) is 16.7. The van der Waals surface area contributed by atoms with Gasteiger partial charge < -0.3 is 4.74 Å². The zero-order valence-corrected chi connectivity index (χ0v) is 30.0. The fraction of sp³-hybridized carbons (Fsp3) is 0.0370. The van der Waals surface area contributed by atoms with E-state index in [0.717, 1.165) is 28.2 Å². The maximum Gasteiger partial charge on any atom is 0.132 e. The van der Waals surface area contributed by atoms with E-state index in [1.807, 2.05) is 0 Å². The van der Waals surface area contributed by atoms with Gasteiger partial charge in [0.25, 0.3) is 0 Å². The average Bonchev–Trinajstić information content (AvgIpc) is 3.74. The van der Waals surface area contributed by atoms with Crippen molar-refractivity contribution in [2.45, 2.75) is 10.8 Å². The lowest BCUT2D eigenvalue weighted by molar-refractivity contribution is 0.435. The molecule has 1 heterocycles. The van der Waals surface area contributed by atoms with E-state index >= 15 is 0 Å². The molecule has 0 N–H and O–H groups in total. The molecule has 9 aromatic carbocycles. The van der Waals surface area contributed by atoms with E-state index in [2.05, 4.69) is 206 Å². The molecule has 12 rings (SSSR count). The van der Waals surface area contributed by atoms with Crippen LogP contribution in [0.4, 0.5) is 0 Å². The molecule has 256 valence electrons. The van der Waals surface area contributed by atoms with Crippen molar-refractivity contribution in [1.82, 2.24) is 0 Å². The fourth-order valence-electron chi connectivity index (χ4n) is 10.6. The average molecular weight is 699 g/mol. The van der Waals surface area contributed by atoms with Crippen LogP contribution in [-0.2, 0) is 10.8 Å². The third-order valence-electron chi connectivity index (χ3n) is 12.6. The van der Waals surface area contributed by atoms with Crippen molar-refractivity contribution in [3.8, 4) is 44.9 Å². The summed E-state index contributed by atoms with van der Waals surface area (Å²) in [5.74, 6) is 1.76. The molecule has 0 amide bonds. The van der Waals surface area contributed by atoms with Gasteiger partial charge in [-0.1, -0.05) is 194 Å². The molecule has 0 aromatic heterocycles. The number of ether oxygens (including phenoxy) is 1. The minimum atomic E-state index is -0.555. The molecular formula is C54H34O. The molecule has 1 heteroatoms. The van der Waals surface area contributed by atoms with Gasteiger partial charge in [0.2, 0.25) is 0 Å². The topological polar surface area (TPSA) is 9.23 Å². The molecule has 55 heavy (non-hydrogen) atoms. The monoisotopic (exact) mass is 698 g/mol. The van der Waals surface area contributed by atoms with Gasteiger partial charge in [0.15, 0.2) is 0 Å². The summed E-state index contributed by atoms with van der Waals surface area (Å²) in [4.78, 5) is 0. The number of fused-ring (bicyclic) bond motifs is 14. The van der Waals surface area contributed by atoms with E-state index in [0.29, 0.717) is 0 Å². The van der Waals surface area contributed by atoms with Gasteiger partial charge in [0, 0.05) is 11.1 Å².